The summed E-state index contributed by atoms with van der Waals surface area (Å²) in [6.45, 7) is 4.92. The van der Waals surface area contributed by atoms with Crippen LogP contribution in [0, 0.1) is 6.92 Å². The minimum atomic E-state index is 0.494. The van der Waals surface area contributed by atoms with E-state index >= 15 is 0 Å². The molecule has 2 aromatic rings. The Bertz CT molecular complexity index is 712. The summed E-state index contributed by atoms with van der Waals surface area (Å²) in [6, 6.07) is 10.5. The minimum absolute atomic E-state index is 0.494. The van der Waals surface area contributed by atoms with E-state index in [4.69, 9.17) is 17.0 Å². The average molecular weight is 343 g/mol. The van der Waals surface area contributed by atoms with E-state index in [0.29, 0.717) is 24.2 Å². The average Bonchev–Trinajstić information content (AvgIpc) is 2.98. The lowest BCUT2D eigenvalue weighted by Crippen LogP contribution is -2.32. The van der Waals surface area contributed by atoms with Gasteiger partial charge in [-0.05, 0) is 30.3 Å². The maximum atomic E-state index is 5.26. The monoisotopic (exact) mass is 343 g/mol. The smallest absolute Gasteiger partial charge is 0.231 e. The van der Waals surface area contributed by atoms with Gasteiger partial charge in [-0.2, -0.15) is 4.98 Å². The summed E-state index contributed by atoms with van der Waals surface area (Å²) < 4.78 is 4.99. The maximum absolute atomic E-state index is 5.26. The van der Waals surface area contributed by atoms with Crippen molar-refractivity contribution < 1.29 is 4.74 Å². The van der Waals surface area contributed by atoms with Crippen LogP contribution in [0.15, 0.2) is 30.3 Å². The zero-order chi connectivity index (χ0) is 16.9. The lowest BCUT2D eigenvalue weighted by molar-refractivity contribution is 0.204. The number of hydrogen-bond acceptors (Lipinski definition) is 5. The van der Waals surface area contributed by atoms with Gasteiger partial charge in [0.15, 0.2) is 5.11 Å². The van der Waals surface area contributed by atoms with E-state index in [9.17, 15) is 0 Å². The van der Waals surface area contributed by atoms with E-state index in [2.05, 4.69) is 49.8 Å². The van der Waals surface area contributed by atoms with E-state index < -0.39 is 0 Å². The van der Waals surface area contributed by atoms with E-state index in [0.717, 1.165) is 24.6 Å². The molecule has 0 saturated heterocycles. The predicted octanol–water partition coefficient (Wildman–Crippen LogP) is 2.24. The van der Waals surface area contributed by atoms with Gasteiger partial charge in [0.05, 0.1) is 6.61 Å². The summed E-state index contributed by atoms with van der Waals surface area (Å²) in [5.41, 5.74) is 3.60. The van der Waals surface area contributed by atoms with E-state index in [1.54, 1.807) is 7.11 Å². The second-order valence-electron chi connectivity index (χ2n) is 5.69. The van der Waals surface area contributed by atoms with E-state index in [1.807, 2.05) is 13.0 Å². The molecule has 0 bridgehead atoms. The Balaban J connectivity index is 1.70. The van der Waals surface area contributed by atoms with Crippen molar-refractivity contribution in [2.75, 3.05) is 30.5 Å². The fourth-order valence-corrected chi connectivity index (χ4v) is 2.87. The first kappa shape index (κ1) is 16.6. The van der Waals surface area contributed by atoms with Gasteiger partial charge in [-0.3, -0.25) is 0 Å². The molecule has 2 N–H and O–H groups in total. The van der Waals surface area contributed by atoms with Crippen molar-refractivity contribution in [2.45, 2.75) is 20.0 Å². The van der Waals surface area contributed by atoms with Gasteiger partial charge in [-0.15, -0.1) is 0 Å². The van der Waals surface area contributed by atoms with Crippen molar-refractivity contribution in [3.05, 3.63) is 47.2 Å². The molecule has 1 aliphatic heterocycles. The number of nitrogens with one attached hydrogen (secondary N) is 2. The van der Waals surface area contributed by atoms with E-state index in [-0.39, 0.29) is 0 Å². The Hall–Kier alpha value is -2.25. The first-order chi connectivity index (χ1) is 11.7. The molecule has 24 heavy (non-hydrogen) atoms. The van der Waals surface area contributed by atoms with Gasteiger partial charge in [-0.25, -0.2) is 4.98 Å². The van der Waals surface area contributed by atoms with Crippen molar-refractivity contribution in [1.82, 2.24) is 15.3 Å². The lowest BCUT2D eigenvalue weighted by Gasteiger charge is -2.18. The highest BCUT2D eigenvalue weighted by Crippen LogP contribution is 2.27. The molecule has 0 amide bonds. The van der Waals surface area contributed by atoms with Crippen LogP contribution in [0.5, 0.6) is 0 Å². The summed E-state index contributed by atoms with van der Waals surface area (Å²) in [6.07, 6.45) is 0. The summed E-state index contributed by atoms with van der Waals surface area (Å²) in [5.74, 6) is 1.41. The lowest BCUT2D eigenvalue weighted by atomic mass is 10.1. The molecule has 126 valence electrons. The molecule has 3 rings (SSSR count). The highest BCUT2D eigenvalue weighted by molar-refractivity contribution is 7.80. The summed E-state index contributed by atoms with van der Waals surface area (Å²) >= 11 is 5.26. The van der Waals surface area contributed by atoms with Crippen LogP contribution >= 0.6 is 12.2 Å². The Morgan fingerprint density at radius 1 is 1.25 bits per heavy atom. The molecule has 0 radical (unpaired) electrons. The van der Waals surface area contributed by atoms with Crippen LogP contribution in [-0.4, -0.2) is 35.3 Å². The van der Waals surface area contributed by atoms with Gasteiger partial charge >= 0.3 is 0 Å². The van der Waals surface area contributed by atoms with Crippen molar-refractivity contribution >= 4 is 29.1 Å². The number of nitrogens with zero attached hydrogens (tertiary/aromatic N) is 3. The SMILES string of the molecule is COCCNC(=S)Nc1nc(C)cc(N2Cc3ccccc3C2)n1. The number of thiocarbonyl (C=S) groups is 1. The van der Waals surface area contributed by atoms with Crippen LogP contribution in [0.25, 0.3) is 0 Å². The van der Waals surface area contributed by atoms with Crippen LogP contribution in [0.3, 0.4) is 0 Å². The number of aryl methyl sites for hydroxylation is 1. The molecular weight excluding hydrogens is 322 g/mol. The molecule has 1 aromatic heterocycles. The predicted molar refractivity (Wildman–Crippen MR) is 99.2 cm³/mol. The Morgan fingerprint density at radius 2 is 1.96 bits per heavy atom. The first-order valence-corrected chi connectivity index (χ1v) is 8.28. The second kappa shape index (κ2) is 7.55. The van der Waals surface area contributed by atoms with Crippen molar-refractivity contribution in [1.29, 1.82) is 0 Å². The van der Waals surface area contributed by atoms with Crippen LogP contribution in [0.2, 0.25) is 0 Å². The number of aromatic nitrogens is 2. The quantitative estimate of drug-likeness (QED) is 0.638. The molecule has 1 aromatic carbocycles. The number of hydrogen-bond donors (Lipinski definition) is 2. The van der Waals surface area contributed by atoms with Crippen molar-refractivity contribution in [2.24, 2.45) is 0 Å². The van der Waals surface area contributed by atoms with Crippen LogP contribution < -0.4 is 15.5 Å². The molecule has 0 atom stereocenters. The van der Waals surface area contributed by atoms with E-state index in [1.165, 1.54) is 11.1 Å². The molecule has 6 nitrogen and oxygen atoms in total. The molecule has 2 heterocycles. The summed E-state index contributed by atoms with van der Waals surface area (Å²) in [5, 5.41) is 6.59. The largest absolute Gasteiger partial charge is 0.383 e. The molecule has 0 unspecified atom stereocenters. The Morgan fingerprint density at radius 3 is 2.62 bits per heavy atom. The highest BCUT2D eigenvalue weighted by atomic mass is 32.1. The van der Waals surface area contributed by atoms with Gasteiger partial charge in [0, 0.05) is 38.5 Å². The van der Waals surface area contributed by atoms with Crippen molar-refractivity contribution in [3.63, 3.8) is 0 Å². The molecule has 7 heteroatoms. The number of benzene rings is 1. The van der Waals surface area contributed by atoms with Crippen molar-refractivity contribution in [3.8, 4) is 0 Å². The number of ether oxygens (including phenoxy) is 1. The minimum Gasteiger partial charge on any atom is -0.383 e. The number of fused-ring (bicyclic) bond motifs is 1. The molecule has 1 aliphatic rings. The normalized spacial score (nSPS) is 12.8. The fourth-order valence-electron chi connectivity index (χ4n) is 2.68. The molecule has 0 aliphatic carbocycles. The molecule has 0 saturated carbocycles. The maximum Gasteiger partial charge on any atom is 0.231 e. The number of rotatable bonds is 5. The molecule has 0 fully saturated rings. The third-order valence-electron chi connectivity index (χ3n) is 3.82. The zero-order valence-electron chi connectivity index (χ0n) is 13.9. The first-order valence-electron chi connectivity index (χ1n) is 7.87. The third-order valence-corrected chi connectivity index (χ3v) is 4.07. The topological polar surface area (TPSA) is 62.3 Å². The summed E-state index contributed by atoms with van der Waals surface area (Å²) in [4.78, 5) is 11.3. The van der Waals surface area contributed by atoms with Gasteiger partial charge in [0.1, 0.15) is 5.82 Å². The third kappa shape index (κ3) is 3.98. The standard InChI is InChI=1S/C17H21N5OS/c1-12-9-15(22-10-13-5-3-4-6-14(13)11-22)20-16(19-12)21-17(24)18-7-8-23-2/h3-6,9H,7-8,10-11H2,1-2H3,(H2,18,19,20,21,24). The van der Waals surface area contributed by atoms with Gasteiger partial charge in [-0.1, -0.05) is 24.3 Å². The molecular formula is C17H21N5OS. The van der Waals surface area contributed by atoms with Gasteiger partial charge < -0.3 is 20.3 Å². The van der Waals surface area contributed by atoms with Gasteiger partial charge in [0.2, 0.25) is 5.95 Å². The fraction of sp³-hybridized carbons (Fsp3) is 0.353. The Kier molecular flexibility index (Phi) is 5.22. The van der Waals surface area contributed by atoms with Crippen LogP contribution in [-0.2, 0) is 17.8 Å². The van der Waals surface area contributed by atoms with Gasteiger partial charge in [0.25, 0.3) is 0 Å². The molecule has 0 spiro atoms. The number of anilines is 2. The van der Waals surface area contributed by atoms with Crippen LogP contribution in [0.1, 0.15) is 16.8 Å². The Labute approximate surface area is 147 Å². The highest BCUT2D eigenvalue weighted by Gasteiger charge is 2.20. The zero-order valence-corrected chi connectivity index (χ0v) is 14.7. The van der Waals surface area contributed by atoms with Crippen LogP contribution in [0.4, 0.5) is 11.8 Å². The number of methoxy groups -OCH3 is 1. The second-order valence-corrected chi connectivity index (χ2v) is 6.10. The summed E-state index contributed by atoms with van der Waals surface area (Å²) in [7, 11) is 1.65.